The van der Waals surface area contributed by atoms with E-state index in [2.05, 4.69) is 20.6 Å². The third-order valence-electron chi connectivity index (χ3n) is 7.85. The van der Waals surface area contributed by atoms with E-state index in [4.69, 9.17) is 14.7 Å². The van der Waals surface area contributed by atoms with Crippen LogP contribution in [0.25, 0.3) is 16.9 Å². The van der Waals surface area contributed by atoms with Crippen LogP contribution in [0.4, 0.5) is 20.5 Å². The smallest absolute Gasteiger partial charge is 0.296 e. The average Bonchev–Trinajstić information content (AvgIpc) is 3.37. The van der Waals surface area contributed by atoms with Gasteiger partial charge in [0.25, 0.3) is 6.43 Å². The van der Waals surface area contributed by atoms with Crippen molar-refractivity contribution in [3.05, 3.63) is 36.2 Å². The minimum atomic E-state index is -2.77. The molecule has 2 aromatic heterocycles. The molecule has 11 nitrogen and oxygen atoms in total. The highest BCUT2D eigenvalue weighted by Crippen LogP contribution is 2.29. The second kappa shape index (κ2) is 12.6. The predicted molar refractivity (Wildman–Crippen MR) is 151 cm³/mol. The number of amides is 1. The number of halogens is 2. The zero-order valence-corrected chi connectivity index (χ0v) is 23.1. The van der Waals surface area contributed by atoms with E-state index in [0.717, 1.165) is 26.1 Å². The molecule has 220 valence electrons. The molecule has 3 fully saturated rings. The van der Waals surface area contributed by atoms with Crippen LogP contribution in [-0.4, -0.2) is 100 Å². The van der Waals surface area contributed by atoms with Crippen molar-refractivity contribution >= 4 is 28.7 Å². The topological polar surface area (TPSA) is 104 Å². The number of carbonyl (C=O) groups is 1. The quantitative estimate of drug-likeness (QED) is 0.381. The van der Waals surface area contributed by atoms with Crippen LogP contribution in [-0.2, 0) is 9.53 Å². The fourth-order valence-electron chi connectivity index (χ4n) is 5.70. The first-order valence-electron chi connectivity index (χ1n) is 14.5. The Bertz CT molecular complexity index is 1340. The molecular weight excluding hydrogens is 532 g/mol. The molecule has 13 heteroatoms. The van der Waals surface area contributed by atoms with E-state index in [9.17, 15) is 13.6 Å². The Morgan fingerprint density at radius 2 is 1.80 bits per heavy atom. The highest BCUT2D eigenvalue weighted by molar-refractivity contribution is 5.78. The summed E-state index contributed by atoms with van der Waals surface area (Å²) in [6.45, 7) is 6.77. The summed E-state index contributed by atoms with van der Waals surface area (Å²) in [6.07, 6.45) is 2.41. The number of piperidine rings is 1. The van der Waals surface area contributed by atoms with Crippen LogP contribution in [0.3, 0.4) is 0 Å². The number of alkyl halides is 2. The molecule has 0 atom stereocenters. The van der Waals surface area contributed by atoms with E-state index in [-0.39, 0.29) is 17.8 Å². The first-order valence-corrected chi connectivity index (χ1v) is 14.5. The van der Waals surface area contributed by atoms with Crippen molar-refractivity contribution in [3.8, 4) is 5.82 Å². The molecule has 1 aromatic carbocycles. The van der Waals surface area contributed by atoms with Crippen LogP contribution >= 0.6 is 0 Å². The van der Waals surface area contributed by atoms with Gasteiger partial charge in [-0.05, 0) is 51.0 Å². The maximum atomic E-state index is 14.1. The van der Waals surface area contributed by atoms with Gasteiger partial charge in [0, 0.05) is 38.7 Å². The van der Waals surface area contributed by atoms with E-state index in [1.807, 2.05) is 9.91 Å². The number of fused-ring (bicyclic) bond motifs is 1. The Morgan fingerprint density at radius 3 is 2.59 bits per heavy atom. The van der Waals surface area contributed by atoms with Gasteiger partial charge in [-0.3, -0.25) is 14.8 Å². The van der Waals surface area contributed by atoms with Crippen LogP contribution in [0, 0.1) is 0 Å². The number of hydrogen-bond donors (Lipinski definition) is 2. The van der Waals surface area contributed by atoms with Crippen LogP contribution in [0.15, 0.2) is 30.3 Å². The summed E-state index contributed by atoms with van der Waals surface area (Å²) in [7, 11) is 0. The highest BCUT2D eigenvalue weighted by Gasteiger charge is 2.29. The number of hydrogen-bond acceptors (Lipinski definition) is 9. The fraction of sp³-hybridized carbons (Fsp3) is 0.571. The second-order valence-corrected chi connectivity index (χ2v) is 10.9. The number of hydrazine groups is 1. The number of carbonyl (C=O) groups excluding carboxylic acids is 1. The summed E-state index contributed by atoms with van der Waals surface area (Å²) >= 11 is 0. The minimum Gasteiger partial charge on any atom is -0.378 e. The molecule has 5 heterocycles. The molecule has 0 radical (unpaired) electrons. The molecule has 3 aromatic rings. The van der Waals surface area contributed by atoms with Gasteiger partial charge in [0.15, 0.2) is 5.82 Å². The Balaban J connectivity index is 1.13. The molecule has 0 saturated carbocycles. The summed E-state index contributed by atoms with van der Waals surface area (Å²) in [5.74, 6) is 0.982. The molecule has 0 aliphatic carbocycles. The molecule has 0 unspecified atom stereocenters. The Labute approximate surface area is 237 Å². The van der Waals surface area contributed by atoms with Gasteiger partial charge in [-0.2, -0.15) is 9.97 Å². The van der Waals surface area contributed by atoms with Crippen LogP contribution in [0.2, 0.25) is 0 Å². The number of ether oxygens (including phenoxy) is 1. The molecular formula is C28H37F2N9O2. The lowest BCUT2D eigenvalue weighted by molar-refractivity contribution is -0.128. The van der Waals surface area contributed by atoms with Gasteiger partial charge in [0.1, 0.15) is 11.6 Å². The number of anilines is 2. The summed E-state index contributed by atoms with van der Waals surface area (Å²) < 4.78 is 35.1. The molecule has 0 spiro atoms. The lowest BCUT2D eigenvalue weighted by atomic mass is 10.1. The zero-order chi connectivity index (χ0) is 28.2. The maximum Gasteiger partial charge on any atom is 0.296 e. The van der Waals surface area contributed by atoms with E-state index in [0.29, 0.717) is 74.4 Å². The van der Waals surface area contributed by atoms with Crippen molar-refractivity contribution < 1.29 is 18.3 Å². The van der Waals surface area contributed by atoms with Crippen LogP contribution in [0.5, 0.6) is 0 Å². The standard InChI is InChI=1S/C28H37F2N9O2/c29-26(30)27-32-21-7-2-3-8-22(21)39(27)24-17-23(33-28(34-24)37-13-15-41-16-14-37)31-20-18-38(19-20)35-25(40)9-6-12-36-10-4-1-5-11-36/h2-3,7-8,17,20,26H,1,4-6,9-16,18-19H2,(H,35,40)(H,31,33,34). The largest absolute Gasteiger partial charge is 0.378 e. The summed E-state index contributed by atoms with van der Waals surface area (Å²) in [5.41, 5.74) is 4.02. The summed E-state index contributed by atoms with van der Waals surface area (Å²) in [5, 5.41) is 5.31. The normalized spacial score (nSPS) is 19.0. The molecule has 3 aliphatic heterocycles. The SMILES string of the molecule is O=C(CCCN1CCCCC1)NN1CC(Nc2cc(-n3c(C(F)F)nc4ccccc43)nc(N3CCOCC3)n2)C1. The number of para-hydroxylation sites is 2. The molecule has 1 amide bonds. The predicted octanol–water partition coefficient (Wildman–Crippen LogP) is 2.98. The van der Waals surface area contributed by atoms with Gasteiger partial charge >= 0.3 is 0 Å². The number of nitrogens with one attached hydrogen (secondary N) is 2. The van der Waals surface area contributed by atoms with E-state index in [1.165, 1.54) is 23.8 Å². The molecule has 3 saturated heterocycles. The number of morpholine rings is 1. The van der Waals surface area contributed by atoms with Gasteiger partial charge in [0.05, 0.1) is 30.3 Å². The number of benzene rings is 1. The van der Waals surface area contributed by atoms with Crippen molar-refractivity contribution in [1.29, 1.82) is 0 Å². The van der Waals surface area contributed by atoms with Crippen molar-refractivity contribution in [3.63, 3.8) is 0 Å². The van der Waals surface area contributed by atoms with Crippen molar-refractivity contribution in [1.82, 2.24) is 34.9 Å². The third kappa shape index (κ3) is 6.57. The van der Waals surface area contributed by atoms with Crippen molar-refractivity contribution in [2.45, 2.75) is 44.6 Å². The highest BCUT2D eigenvalue weighted by atomic mass is 19.3. The molecule has 2 N–H and O–H groups in total. The summed E-state index contributed by atoms with van der Waals surface area (Å²) in [4.78, 5) is 30.5. The van der Waals surface area contributed by atoms with E-state index < -0.39 is 6.43 Å². The fourth-order valence-corrected chi connectivity index (χ4v) is 5.70. The van der Waals surface area contributed by atoms with Crippen molar-refractivity contribution in [2.24, 2.45) is 0 Å². The Kier molecular flexibility index (Phi) is 8.54. The first-order chi connectivity index (χ1) is 20.0. The molecule has 6 rings (SSSR count). The van der Waals surface area contributed by atoms with Gasteiger partial charge in [-0.25, -0.2) is 18.8 Å². The lowest BCUT2D eigenvalue weighted by Gasteiger charge is -2.39. The monoisotopic (exact) mass is 569 g/mol. The zero-order valence-electron chi connectivity index (χ0n) is 23.1. The first kappa shape index (κ1) is 27.7. The van der Waals surface area contributed by atoms with Gasteiger partial charge in [-0.15, -0.1) is 0 Å². The number of nitrogens with zero attached hydrogens (tertiary/aromatic N) is 7. The van der Waals surface area contributed by atoms with Crippen molar-refractivity contribution in [2.75, 3.05) is 69.2 Å². The average molecular weight is 570 g/mol. The van der Waals surface area contributed by atoms with E-state index >= 15 is 0 Å². The van der Waals surface area contributed by atoms with Gasteiger partial charge < -0.3 is 19.9 Å². The third-order valence-corrected chi connectivity index (χ3v) is 7.85. The van der Waals surface area contributed by atoms with Crippen LogP contribution in [0.1, 0.15) is 44.4 Å². The minimum absolute atomic E-state index is 0.0332. The Hall–Kier alpha value is -3.42. The number of rotatable bonds is 10. The van der Waals surface area contributed by atoms with E-state index in [1.54, 1.807) is 30.3 Å². The van der Waals surface area contributed by atoms with Crippen LogP contribution < -0.4 is 15.6 Å². The summed E-state index contributed by atoms with van der Waals surface area (Å²) in [6, 6.07) is 8.77. The molecule has 41 heavy (non-hydrogen) atoms. The van der Waals surface area contributed by atoms with Gasteiger partial charge in [0.2, 0.25) is 11.9 Å². The number of aromatic nitrogens is 4. The van der Waals surface area contributed by atoms with Gasteiger partial charge in [-0.1, -0.05) is 18.6 Å². The lowest BCUT2D eigenvalue weighted by Crippen LogP contribution is -2.61. The number of likely N-dealkylation sites (tertiary alicyclic amines) is 1. The Morgan fingerprint density at radius 1 is 1.02 bits per heavy atom. The maximum absolute atomic E-state index is 14.1. The molecule has 3 aliphatic rings. The number of imidazole rings is 1. The second-order valence-electron chi connectivity index (χ2n) is 10.9. The molecule has 0 bridgehead atoms.